The average molecular weight is 301 g/mol. The number of nitrogens with one attached hydrogen (secondary N) is 1. The molecule has 0 spiro atoms. The Morgan fingerprint density at radius 1 is 1.50 bits per heavy atom. The summed E-state index contributed by atoms with van der Waals surface area (Å²) in [5.74, 6) is -0.592. The molecule has 1 saturated heterocycles. The minimum atomic E-state index is -3.86. The third-order valence-electron chi connectivity index (χ3n) is 3.58. The van der Waals surface area contributed by atoms with E-state index in [1.165, 1.54) is 12.1 Å². The molecule has 7 heteroatoms. The van der Waals surface area contributed by atoms with E-state index >= 15 is 0 Å². The Labute approximate surface area is 119 Å². The fourth-order valence-corrected chi connectivity index (χ4v) is 3.00. The molecule has 0 saturated carbocycles. The maximum absolute atomic E-state index is 13.9. The van der Waals surface area contributed by atoms with Crippen molar-refractivity contribution in [1.82, 2.24) is 4.90 Å². The molecule has 1 atom stereocenters. The van der Waals surface area contributed by atoms with Gasteiger partial charge in [0.15, 0.2) is 0 Å². The van der Waals surface area contributed by atoms with Crippen molar-refractivity contribution < 1.29 is 12.8 Å². The minimum Gasteiger partial charge on any atom is -0.379 e. The van der Waals surface area contributed by atoms with Gasteiger partial charge in [-0.1, -0.05) is 6.92 Å². The summed E-state index contributed by atoms with van der Waals surface area (Å²) in [5, 5.41) is 8.11. The van der Waals surface area contributed by atoms with Crippen LogP contribution in [0.3, 0.4) is 0 Å². The predicted molar refractivity (Wildman–Crippen MR) is 76.5 cm³/mol. The van der Waals surface area contributed by atoms with E-state index in [9.17, 15) is 12.8 Å². The second-order valence-electron chi connectivity index (χ2n) is 5.06. The Morgan fingerprint density at radius 3 is 2.85 bits per heavy atom. The Morgan fingerprint density at radius 2 is 2.25 bits per heavy atom. The molecule has 0 aromatic heterocycles. The van der Waals surface area contributed by atoms with Crippen LogP contribution in [0.5, 0.6) is 0 Å². The van der Waals surface area contributed by atoms with Gasteiger partial charge >= 0.3 is 0 Å². The second-order valence-corrected chi connectivity index (χ2v) is 6.62. The summed E-state index contributed by atoms with van der Waals surface area (Å²) in [6.07, 6.45) is 2.05. The highest BCUT2D eigenvalue weighted by Gasteiger charge is 2.20. The summed E-state index contributed by atoms with van der Waals surface area (Å²) in [4.78, 5) is 2.09. The van der Waals surface area contributed by atoms with E-state index < -0.39 is 15.8 Å². The van der Waals surface area contributed by atoms with Gasteiger partial charge in [-0.3, -0.25) is 0 Å². The lowest BCUT2D eigenvalue weighted by Crippen LogP contribution is -2.41. The Kier molecular flexibility index (Phi) is 4.62. The van der Waals surface area contributed by atoms with Crippen LogP contribution in [0.1, 0.15) is 19.8 Å². The maximum atomic E-state index is 13.9. The van der Waals surface area contributed by atoms with Gasteiger partial charge in [0.05, 0.1) is 10.6 Å². The van der Waals surface area contributed by atoms with Gasteiger partial charge in [-0.25, -0.2) is 17.9 Å². The SMILES string of the molecule is CCN1CCCC(Nc2ccc(S(N)(=O)=O)cc2F)C1. The van der Waals surface area contributed by atoms with Crippen LogP contribution in [-0.2, 0) is 10.0 Å². The smallest absolute Gasteiger partial charge is 0.238 e. The number of nitrogens with two attached hydrogens (primary N) is 1. The largest absolute Gasteiger partial charge is 0.379 e. The quantitative estimate of drug-likeness (QED) is 0.881. The molecule has 1 aromatic rings. The van der Waals surface area contributed by atoms with E-state index in [1.807, 2.05) is 0 Å². The molecule has 1 aliphatic heterocycles. The van der Waals surface area contributed by atoms with Gasteiger partial charge in [-0.15, -0.1) is 0 Å². The van der Waals surface area contributed by atoms with Gasteiger partial charge in [0.1, 0.15) is 5.82 Å². The molecule has 0 radical (unpaired) electrons. The minimum absolute atomic E-state index is 0.179. The normalized spacial score (nSPS) is 20.9. The lowest BCUT2D eigenvalue weighted by Gasteiger charge is -2.32. The summed E-state index contributed by atoms with van der Waals surface area (Å²) in [5.41, 5.74) is 0.320. The molecule has 1 heterocycles. The predicted octanol–water partition coefficient (Wildman–Crippen LogP) is 1.37. The topological polar surface area (TPSA) is 75.4 Å². The highest BCUT2D eigenvalue weighted by atomic mass is 32.2. The van der Waals surface area contributed by atoms with Gasteiger partial charge in [0, 0.05) is 12.6 Å². The molecule has 2 rings (SSSR count). The van der Waals surface area contributed by atoms with E-state index in [2.05, 4.69) is 17.1 Å². The summed E-state index contributed by atoms with van der Waals surface area (Å²) in [6.45, 7) is 5.02. The molecule has 1 unspecified atom stereocenters. The summed E-state index contributed by atoms with van der Waals surface area (Å²) in [6, 6.07) is 3.89. The van der Waals surface area contributed by atoms with Crippen LogP contribution in [0.4, 0.5) is 10.1 Å². The standard InChI is InChI=1S/C13H20FN3O2S/c1-2-17-7-3-4-10(9-17)16-13-6-5-11(8-12(13)14)20(15,18)19/h5-6,8,10,16H,2-4,7,9H2,1H3,(H2,15,18,19). The molecule has 1 aliphatic rings. The Hall–Kier alpha value is -1.18. The fraction of sp³-hybridized carbons (Fsp3) is 0.538. The molecule has 1 aromatic carbocycles. The molecule has 0 bridgehead atoms. The number of nitrogens with zero attached hydrogens (tertiary/aromatic N) is 1. The number of benzene rings is 1. The third kappa shape index (κ3) is 3.68. The van der Waals surface area contributed by atoms with Crippen molar-refractivity contribution >= 4 is 15.7 Å². The van der Waals surface area contributed by atoms with Crippen molar-refractivity contribution in [2.75, 3.05) is 25.0 Å². The molecular formula is C13H20FN3O2S. The molecule has 112 valence electrons. The number of hydrogen-bond donors (Lipinski definition) is 2. The number of rotatable bonds is 4. The average Bonchev–Trinajstić information content (AvgIpc) is 2.40. The van der Waals surface area contributed by atoms with Crippen LogP contribution >= 0.6 is 0 Å². The van der Waals surface area contributed by atoms with Gasteiger partial charge in [0.25, 0.3) is 0 Å². The van der Waals surface area contributed by atoms with Crippen molar-refractivity contribution in [3.8, 4) is 0 Å². The Bertz CT molecular complexity index is 577. The van der Waals surface area contributed by atoms with E-state index in [-0.39, 0.29) is 10.9 Å². The monoisotopic (exact) mass is 301 g/mol. The van der Waals surface area contributed by atoms with E-state index in [1.54, 1.807) is 0 Å². The zero-order valence-electron chi connectivity index (χ0n) is 11.5. The van der Waals surface area contributed by atoms with E-state index in [0.29, 0.717) is 5.69 Å². The van der Waals surface area contributed by atoms with Gasteiger partial charge in [-0.05, 0) is 44.1 Å². The first-order valence-corrected chi connectivity index (χ1v) is 8.26. The maximum Gasteiger partial charge on any atom is 0.238 e. The second kappa shape index (κ2) is 6.07. The number of likely N-dealkylation sites (N-methyl/N-ethyl adjacent to an activating group) is 1. The number of likely N-dealkylation sites (tertiary alicyclic amines) is 1. The van der Waals surface area contributed by atoms with Crippen LogP contribution in [0.2, 0.25) is 0 Å². The molecule has 0 amide bonds. The molecule has 20 heavy (non-hydrogen) atoms. The number of anilines is 1. The van der Waals surface area contributed by atoms with Gasteiger partial charge in [0.2, 0.25) is 10.0 Å². The molecule has 5 nitrogen and oxygen atoms in total. The summed E-state index contributed by atoms with van der Waals surface area (Å²) < 4.78 is 36.2. The summed E-state index contributed by atoms with van der Waals surface area (Å²) >= 11 is 0. The van der Waals surface area contributed by atoms with Crippen LogP contribution in [0, 0.1) is 5.82 Å². The van der Waals surface area contributed by atoms with E-state index in [4.69, 9.17) is 5.14 Å². The van der Waals surface area contributed by atoms with Crippen molar-refractivity contribution in [3.05, 3.63) is 24.0 Å². The first-order valence-electron chi connectivity index (χ1n) is 6.71. The van der Waals surface area contributed by atoms with Gasteiger partial charge < -0.3 is 10.2 Å². The number of primary sulfonamides is 1. The highest BCUT2D eigenvalue weighted by Crippen LogP contribution is 2.21. The first kappa shape index (κ1) is 15.2. The number of sulfonamides is 1. The Balaban J connectivity index is 2.10. The lowest BCUT2D eigenvalue weighted by atomic mass is 10.1. The van der Waals surface area contributed by atoms with Crippen molar-refractivity contribution in [3.63, 3.8) is 0 Å². The molecule has 1 fully saturated rings. The molecular weight excluding hydrogens is 281 g/mol. The fourth-order valence-electron chi connectivity index (χ4n) is 2.47. The van der Waals surface area contributed by atoms with E-state index in [0.717, 1.165) is 38.5 Å². The first-order chi connectivity index (χ1) is 9.40. The van der Waals surface area contributed by atoms with Crippen LogP contribution in [0.15, 0.2) is 23.1 Å². The van der Waals surface area contributed by atoms with Crippen molar-refractivity contribution in [1.29, 1.82) is 0 Å². The summed E-state index contributed by atoms with van der Waals surface area (Å²) in [7, 11) is -3.86. The third-order valence-corrected chi connectivity index (χ3v) is 4.49. The zero-order chi connectivity index (χ0) is 14.8. The lowest BCUT2D eigenvalue weighted by molar-refractivity contribution is 0.226. The molecule has 3 N–H and O–H groups in total. The van der Waals surface area contributed by atoms with Crippen molar-refractivity contribution in [2.24, 2.45) is 5.14 Å². The van der Waals surface area contributed by atoms with Gasteiger partial charge in [-0.2, -0.15) is 0 Å². The van der Waals surface area contributed by atoms with Crippen LogP contribution < -0.4 is 10.5 Å². The molecule has 0 aliphatic carbocycles. The van der Waals surface area contributed by atoms with Crippen LogP contribution in [0.25, 0.3) is 0 Å². The van der Waals surface area contributed by atoms with Crippen LogP contribution in [-0.4, -0.2) is 39.0 Å². The zero-order valence-corrected chi connectivity index (χ0v) is 12.3. The van der Waals surface area contributed by atoms with Crippen molar-refractivity contribution in [2.45, 2.75) is 30.7 Å². The number of hydrogen-bond acceptors (Lipinski definition) is 4. The highest BCUT2D eigenvalue weighted by molar-refractivity contribution is 7.89. The number of piperidine rings is 1. The number of halogens is 1.